The third-order valence-corrected chi connectivity index (χ3v) is 7.21. The molecule has 10 nitrogen and oxygen atoms in total. The average molecular weight is 580 g/mol. The van der Waals surface area contributed by atoms with Gasteiger partial charge in [-0.15, -0.1) is 0 Å². The molecule has 0 saturated carbocycles. The molecule has 0 saturated heterocycles. The molecule has 41 heavy (non-hydrogen) atoms. The number of aliphatic hydroxyl groups is 1. The van der Waals surface area contributed by atoms with E-state index in [2.05, 4.69) is 9.97 Å². The maximum atomic E-state index is 12.3. The number of rotatable bonds is 9. The van der Waals surface area contributed by atoms with Crippen LogP contribution in [0, 0.1) is 6.92 Å². The van der Waals surface area contributed by atoms with Crippen molar-refractivity contribution in [2.24, 2.45) is 0 Å². The summed E-state index contributed by atoms with van der Waals surface area (Å²) >= 11 is 0. The van der Waals surface area contributed by atoms with Crippen LogP contribution in [0.4, 0.5) is 10.6 Å². The molecule has 2 aromatic heterocycles. The van der Waals surface area contributed by atoms with E-state index < -0.39 is 34.5 Å². The number of amides is 1. The molecule has 0 aliphatic carbocycles. The van der Waals surface area contributed by atoms with E-state index in [1.807, 2.05) is 31.2 Å². The van der Waals surface area contributed by atoms with Gasteiger partial charge >= 0.3 is 6.09 Å². The Morgan fingerprint density at radius 2 is 1.66 bits per heavy atom. The predicted molar refractivity (Wildman–Crippen MR) is 155 cm³/mol. The van der Waals surface area contributed by atoms with Crippen molar-refractivity contribution in [1.82, 2.24) is 9.97 Å². The van der Waals surface area contributed by atoms with Gasteiger partial charge in [0.05, 0.1) is 23.2 Å². The highest BCUT2D eigenvalue weighted by molar-refractivity contribution is 7.86. The number of nitrogens with zero attached hydrogens (tertiary/aromatic N) is 3. The first-order chi connectivity index (χ1) is 19.3. The maximum Gasteiger partial charge on any atom is 0.415 e. The van der Waals surface area contributed by atoms with Crippen LogP contribution in [0.2, 0.25) is 0 Å². The van der Waals surface area contributed by atoms with Gasteiger partial charge in [-0.05, 0) is 69.7 Å². The van der Waals surface area contributed by atoms with Crippen molar-refractivity contribution in [3.63, 3.8) is 0 Å². The summed E-state index contributed by atoms with van der Waals surface area (Å²) in [7, 11) is -2.38. The first-order valence-electron chi connectivity index (χ1n) is 12.9. The molecule has 11 heteroatoms. The first kappa shape index (κ1) is 29.9. The molecule has 0 spiro atoms. The molecule has 0 radical (unpaired) electrons. The Hall–Kier alpha value is -4.06. The Labute approximate surface area is 239 Å². The normalized spacial score (nSPS) is 12.6. The van der Waals surface area contributed by atoms with Gasteiger partial charge < -0.3 is 14.6 Å². The Kier molecular flexibility index (Phi) is 8.91. The number of aliphatic hydroxyl groups excluding tert-OH is 1. The minimum atomic E-state index is -3.98. The third-order valence-electron chi connectivity index (χ3n) is 5.92. The number of carbonyl (C=O) groups excluding carboxylic acids is 1. The number of hydrogen-bond donors (Lipinski definition) is 1. The summed E-state index contributed by atoms with van der Waals surface area (Å²) in [5.41, 5.74) is 2.78. The van der Waals surface area contributed by atoms with Crippen LogP contribution >= 0.6 is 0 Å². The van der Waals surface area contributed by atoms with Crippen LogP contribution in [0.25, 0.3) is 22.0 Å². The van der Waals surface area contributed by atoms with Gasteiger partial charge in [0.1, 0.15) is 29.9 Å². The van der Waals surface area contributed by atoms with Crippen molar-refractivity contribution >= 4 is 32.9 Å². The summed E-state index contributed by atoms with van der Waals surface area (Å²) in [5, 5.41) is 11.0. The average Bonchev–Trinajstić information content (AvgIpc) is 2.93. The van der Waals surface area contributed by atoms with Crippen molar-refractivity contribution in [2.75, 3.05) is 25.2 Å². The number of benzene rings is 2. The maximum absolute atomic E-state index is 12.3. The van der Waals surface area contributed by atoms with Crippen LogP contribution in [0.15, 0.2) is 78.0 Å². The largest absolute Gasteiger partial charge is 0.489 e. The van der Waals surface area contributed by atoms with Crippen molar-refractivity contribution in [3.05, 3.63) is 78.6 Å². The molecule has 0 bridgehead atoms. The Morgan fingerprint density at radius 3 is 2.32 bits per heavy atom. The van der Waals surface area contributed by atoms with Crippen molar-refractivity contribution in [2.45, 2.75) is 44.3 Å². The second kappa shape index (κ2) is 12.2. The van der Waals surface area contributed by atoms with Gasteiger partial charge in [0, 0.05) is 24.2 Å². The molecule has 1 unspecified atom stereocenters. The zero-order chi connectivity index (χ0) is 29.8. The van der Waals surface area contributed by atoms with Gasteiger partial charge in [0.15, 0.2) is 0 Å². The molecule has 1 amide bonds. The molecule has 216 valence electrons. The van der Waals surface area contributed by atoms with E-state index in [1.165, 1.54) is 23.2 Å². The van der Waals surface area contributed by atoms with Gasteiger partial charge in [-0.3, -0.25) is 14.1 Å². The van der Waals surface area contributed by atoms with Crippen LogP contribution in [0.3, 0.4) is 0 Å². The van der Waals surface area contributed by atoms with E-state index in [0.717, 1.165) is 27.6 Å². The van der Waals surface area contributed by atoms with Crippen LogP contribution in [-0.4, -0.2) is 61.6 Å². The van der Waals surface area contributed by atoms with E-state index in [1.54, 1.807) is 58.3 Å². The smallest absolute Gasteiger partial charge is 0.415 e. The fourth-order valence-corrected chi connectivity index (χ4v) is 4.66. The van der Waals surface area contributed by atoms with E-state index in [0.29, 0.717) is 11.6 Å². The van der Waals surface area contributed by atoms with E-state index >= 15 is 0 Å². The highest BCUT2D eigenvalue weighted by atomic mass is 32.2. The number of ether oxygens (including phenoxy) is 2. The van der Waals surface area contributed by atoms with Crippen molar-refractivity contribution in [1.29, 1.82) is 0 Å². The zero-order valence-corrected chi connectivity index (χ0v) is 24.4. The Morgan fingerprint density at radius 1 is 0.951 bits per heavy atom. The minimum absolute atomic E-state index is 0.0224. The lowest BCUT2D eigenvalue weighted by molar-refractivity contribution is 0.0588. The van der Waals surface area contributed by atoms with Crippen LogP contribution in [0.1, 0.15) is 26.3 Å². The van der Waals surface area contributed by atoms with Gasteiger partial charge in [0.25, 0.3) is 10.1 Å². The summed E-state index contributed by atoms with van der Waals surface area (Å²) in [4.78, 5) is 22.5. The van der Waals surface area contributed by atoms with Crippen LogP contribution in [0.5, 0.6) is 5.75 Å². The Bertz CT molecular complexity index is 1620. The molecular weight excluding hydrogens is 546 g/mol. The van der Waals surface area contributed by atoms with Gasteiger partial charge in [-0.2, -0.15) is 8.42 Å². The number of fused-ring (bicyclic) bond motifs is 1. The second-order valence-corrected chi connectivity index (χ2v) is 12.2. The number of carbonyl (C=O) groups is 1. The molecule has 4 rings (SSSR count). The van der Waals surface area contributed by atoms with Crippen LogP contribution < -0.4 is 9.64 Å². The van der Waals surface area contributed by atoms with Crippen molar-refractivity contribution in [3.8, 4) is 16.9 Å². The van der Waals surface area contributed by atoms with Crippen LogP contribution in [-0.2, 0) is 19.0 Å². The number of aryl methyl sites for hydroxylation is 1. The molecule has 0 fully saturated rings. The Balaban J connectivity index is 1.35. The summed E-state index contributed by atoms with van der Waals surface area (Å²) < 4.78 is 40.6. The van der Waals surface area contributed by atoms with E-state index in [-0.39, 0.29) is 11.5 Å². The molecule has 0 aliphatic rings. The number of anilines is 1. The fourth-order valence-electron chi connectivity index (χ4n) is 3.72. The number of pyridine rings is 2. The molecular formula is C30H33N3O7S. The fraction of sp³-hybridized carbons (Fsp3) is 0.300. The van der Waals surface area contributed by atoms with Gasteiger partial charge in [0.2, 0.25) is 0 Å². The highest BCUT2D eigenvalue weighted by Gasteiger charge is 2.21. The summed E-state index contributed by atoms with van der Waals surface area (Å²) in [5.74, 6) is 0.880. The summed E-state index contributed by atoms with van der Waals surface area (Å²) in [6.07, 6.45) is 1.55. The topological polar surface area (TPSA) is 128 Å². The molecule has 2 aromatic carbocycles. The van der Waals surface area contributed by atoms with E-state index in [9.17, 15) is 18.3 Å². The molecule has 0 aliphatic heterocycles. The molecule has 2 heterocycles. The first-order valence-corrected chi connectivity index (χ1v) is 14.3. The molecule has 4 aromatic rings. The standard InChI is InChI=1S/C30H33N3O7S/c1-20-6-11-26(12-7-20)41(36,37)39-19-24(34)18-38-25-14-22-9-8-21(15-27(22)31-17-25)23-10-13-28(32-16-23)33(5)29(35)40-30(2,3)4/h6-17,24,34H,18-19H2,1-5H3. The number of aromatic nitrogens is 2. The predicted octanol–water partition coefficient (Wildman–Crippen LogP) is 5.12. The van der Waals surface area contributed by atoms with Gasteiger partial charge in [-0.1, -0.05) is 29.8 Å². The monoisotopic (exact) mass is 579 g/mol. The molecule has 1 atom stereocenters. The molecule has 1 N–H and O–H groups in total. The van der Waals surface area contributed by atoms with E-state index in [4.69, 9.17) is 13.7 Å². The highest BCUT2D eigenvalue weighted by Crippen LogP contribution is 2.27. The lowest BCUT2D eigenvalue weighted by Crippen LogP contribution is -2.34. The number of hydrogen-bond acceptors (Lipinski definition) is 9. The lowest BCUT2D eigenvalue weighted by Gasteiger charge is -2.24. The quantitative estimate of drug-likeness (QED) is 0.269. The second-order valence-electron chi connectivity index (χ2n) is 10.5. The zero-order valence-electron chi connectivity index (χ0n) is 23.6. The lowest BCUT2D eigenvalue weighted by atomic mass is 10.1. The third kappa shape index (κ3) is 8.00. The van der Waals surface area contributed by atoms with Crippen molar-refractivity contribution < 1.29 is 32.0 Å². The summed E-state index contributed by atoms with van der Waals surface area (Å²) in [6.45, 7) is 6.65. The van der Waals surface area contributed by atoms with Gasteiger partial charge in [-0.25, -0.2) is 9.78 Å². The SMILES string of the molecule is Cc1ccc(S(=O)(=O)OCC(O)COc2cnc3cc(-c4ccc(N(C)C(=O)OC(C)(C)C)nc4)ccc3c2)cc1. The summed E-state index contributed by atoms with van der Waals surface area (Å²) in [6, 6.07) is 17.4. The minimum Gasteiger partial charge on any atom is -0.489 e.